The van der Waals surface area contributed by atoms with E-state index in [0.29, 0.717) is 11.3 Å². The number of amides is 1. The normalized spacial score (nSPS) is 15.4. The highest BCUT2D eigenvalue weighted by molar-refractivity contribution is 6.12. The fourth-order valence-corrected chi connectivity index (χ4v) is 3.80. The fraction of sp³-hybridized carbons (Fsp3) is 0.0833. The highest BCUT2D eigenvalue weighted by Crippen LogP contribution is 2.40. The number of hydrogen-bond acceptors (Lipinski definition) is 4. The number of nitrogens with zero attached hydrogens (tertiary/aromatic N) is 3. The Morgan fingerprint density at radius 2 is 1.73 bits per heavy atom. The number of fused-ring (bicyclic) bond motifs is 1. The molecule has 3 aromatic carbocycles. The fourth-order valence-electron chi connectivity index (χ4n) is 3.80. The number of benzene rings is 3. The van der Waals surface area contributed by atoms with Crippen molar-refractivity contribution in [2.45, 2.75) is 6.17 Å². The molecular weight excluding hydrogens is 376 g/mol. The highest BCUT2D eigenvalue weighted by atomic mass is 16.5. The lowest BCUT2D eigenvalue weighted by Crippen LogP contribution is -2.43. The molecule has 0 spiro atoms. The number of ether oxygens (including phenoxy) is 1. The molecule has 6 nitrogen and oxygen atoms in total. The quantitative estimate of drug-likeness (QED) is 0.545. The molecule has 5 rings (SSSR count). The molecule has 4 aromatic rings. The predicted molar refractivity (Wildman–Crippen MR) is 116 cm³/mol. The topological polar surface area (TPSA) is 59.4 Å². The molecule has 0 saturated carbocycles. The molecule has 1 aliphatic heterocycles. The van der Waals surface area contributed by atoms with Crippen molar-refractivity contribution in [2.24, 2.45) is 0 Å². The molecule has 0 fully saturated rings. The van der Waals surface area contributed by atoms with E-state index in [2.05, 4.69) is 10.3 Å². The summed E-state index contributed by atoms with van der Waals surface area (Å²) in [5.74, 6) is 0.574. The maximum atomic E-state index is 13.5. The minimum absolute atomic E-state index is 0.0717. The van der Waals surface area contributed by atoms with Crippen molar-refractivity contribution in [3.8, 4) is 11.4 Å². The van der Waals surface area contributed by atoms with Gasteiger partial charge >= 0.3 is 0 Å². The molecular formula is C24H20N4O2. The average molecular weight is 396 g/mol. The zero-order valence-corrected chi connectivity index (χ0v) is 16.4. The van der Waals surface area contributed by atoms with Crippen molar-refractivity contribution < 1.29 is 9.53 Å². The molecule has 30 heavy (non-hydrogen) atoms. The van der Waals surface area contributed by atoms with Crippen LogP contribution in [0.15, 0.2) is 91.5 Å². The van der Waals surface area contributed by atoms with Gasteiger partial charge in [-0.3, -0.25) is 9.69 Å². The molecule has 0 radical (unpaired) electrons. The van der Waals surface area contributed by atoms with E-state index in [1.165, 1.54) is 0 Å². The number of anilines is 2. The third kappa shape index (κ3) is 2.99. The Balaban J connectivity index is 1.61. The van der Waals surface area contributed by atoms with Crippen LogP contribution in [-0.4, -0.2) is 22.6 Å². The molecule has 1 N–H and O–H groups in total. The summed E-state index contributed by atoms with van der Waals surface area (Å²) in [5, 5.41) is 3.53. The van der Waals surface area contributed by atoms with Crippen molar-refractivity contribution >= 4 is 17.3 Å². The molecule has 2 heterocycles. The lowest BCUT2D eigenvalue weighted by molar-refractivity contribution is 0.0974. The van der Waals surface area contributed by atoms with Gasteiger partial charge in [-0.05, 0) is 42.0 Å². The molecule has 1 unspecified atom stereocenters. The van der Waals surface area contributed by atoms with E-state index in [1.54, 1.807) is 24.5 Å². The van der Waals surface area contributed by atoms with E-state index in [0.717, 1.165) is 22.6 Å². The highest BCUT2D eigenvalue weighted by Gasteiger charge is 2.35. The minimum Gasteiger partial charge on any atom is -0.495 e. The van der Waals surface area contributed by atoms with Gasteiger partial charge in [-0.15, -0.1) is 0 Å². The smallest absolute Gasteiger partial charge is 0.262 e. The van der Waals surface area contributed by atoms with E-state index in [-0.39, 0.29) is 12.1 Å². The van der Waals surface area contributed by atoms with Crippen LogP contribution in [0, 0.1) is 0 Å². The van der Waals surface area contributed by atoms with E-state index in [1.807, 2.05) is 83.6 Å². The Labute approximate surface area is 174 Å². The Hall–Kier alpha value is -4.06. The maximum absolute atomic E-state index is 13.5. The Morgan fingerprint density at radius 3 is 2.50 bits per heavy atom. The molecule has 1 atom stereocenters. The van der Waals surface area contributed by atoms with Gasteiger partial charge in [0.1, 0.15) is 11.9 Å². The first kappa shape index (κ1) is 18.0. The lowest BCUT2D eigenvalue weighted by atomic mass is 10.0. The second kappa shape index (κ2) is 7.40. The monoisotopic (exact) mass is 396 g/mol. The van der Waals surface area contributed by atoms with E-state index in [9.17, 15) is 4.79 Å². The summed E-state index contributed by atoms with van der Waals surface area (Å²) in [6, 6.07) is 23.2. The van der Waals surface area contributed by atoms with Crippen molar-refractivity contribution in [3.63, 3.8) is 0 Å². The van der Waals surface area contributed by atoms with Gasteiger partial charge in [0, 0.05) is 23.8 Å². The number of carbonyl (C=O) groups is 1. The van der Waals surface area contributed by atoms with Gasteiger partial charge in [-0.2, -0.15) is 0 Å². The summed E-state index contributed by atoms with van der Waals surface area (Å²) in [4.78, 5) is 19.4. The van der Waals surface area contributed by atoms with Crippen molar-refractivity contribution in [1.29, 1.82) is 0 Å². The second-order valence-corrected chi connectivity index (χ2v) is 7.00. The van der Waals surface area contributed by atoms with Crippen LogP contribution in [-0.2, 0) is 0 Å². The SMILES string of the molecule is COc1ccccc1N1C(=O)c2ccccc2NC1c1ccc(-n2ccnc2)cc1. The summed E-state index contributed by atoms with van der Waals surface area (Å²) in [6.07, 6.45) is 5.03. The average Bonchev–Trinajstić information content (AvgIpc) is 3.34. The molecule has 0 bridgehead atoms. The molecule has 148 valence electrons. The van der Waals surface area contributed by atoms with Crippen LogP contribution in [0.2, 0.25) is 0 Å². The number of carbonyl (C=O) groups excluding carboxylic acids is 1. The van der Waals surface area contributed by atoms with Gasteiger partial charge in [-0.25, -0.2) is 4.98 Å². The number of aromatic nitrogens is 2. The van der Waals surface area contributed by atoms with Gasteiger partial charge in [-0.1, -0.05) is 36.4 Å². The van der Waals surface area contributed by atoms with Crippen LogP contribution in [0.5, 0.6) is 5.75 Å². The van der Waals surface area contributed by atoms with Gasteiger partial charge in [0.2, 0.25) is 0 Å². The first-order chi connectivity index (χ1) is 14.8. The number of hydrogen-bond donors (Lipinski definition) is 1. The van der Waals surface area contributed by atoms with Gasteiger partial charge < -0.3 is 14.6 Å². The summed E-state index contributed by atoms with van der Waals surface area (Å²) in [6.45, 7) is 0. The van der Waals surface area contributed by atoms with Crippen molar-refractivity contribution in [2.75, 3.05) is 17.3 Å². The number of nitrogens with one attached hydrogen (secondary N) is 1. The summed E-state index contributed by atoms with van der Waals surface area (Å²) >= 11 is 0. The lowest BCUT2D eigenvalue weighted by Gasteiger charge is -2.38. The van der Waals surface area contributed by atoms with E-state index < -0.39 is 0 Å². The van der Waals surface area contributed by atoms with Crippen molar-refractivity contribution in [1.82, 2.24) is 9.55 Å². The molecule has 1 amide bonds. The van der Waals surface area contributed by atoms with E-state index >= 15 is 0 Å². The van der Waals surface area contributed by atoms with Crippen molar-refractivity contribution in [3.05, 3.63) is 103 Å². The zero-order chi connectivity index (χ0) is 20.5. The number of para-hydroxylation sites is 3. The zero-order valence-electron chi connectivity index (χ0n) is 16.4. The first-order valence-corrected chi connectivity index (χ1v) is 9.67. The first-order valence-electron chi connectivity index (χ1n) is 9.67. The largest absolute Gasteiger partial charge is 0.495 e. The van der Waals surface area contributed by atoms with Crippen LogP contribution in [0.4, 0.5) is 11.4 Å². The van der Waals surface area contributed by atoms with Gasteiger partial charge in [0.15, 0.2) is 0 Å². The number of rotatable bonds is 4. The molecule has 6 heteroatoms. The Kier molecular flexibility index (Phi) is 4.44. The standard InChI is InChI=1S/C24H20N4O2/c1-30-22-9-5-4-8-21(22)28-23(26-20-7-3-2-6-19(20)24(28)29)17-10-12-18(13-11-17)27-15-14-25-16-27/h2-16,23,26H,1H3. The summed E-state index contributed by atoms with van der Waals surface area (Å²) < 4.78 is 7.50. The Bertz CT molecular complexity index is 1190. The summed E-state index contributed by atoms with van der Waals surface area (Å²) in [7, 11) is 1.61. The van der Waals surface area contributed by atoms with E-state index in [4.69, 9.17) is 4.74 Å². The third-order valence-electron chi connectivity index (χ3n) is 5.28. The predicted octanol–water partition coefficient (Wildman–Crippen LogP) is 4.65. The Morgan fingerprint density at radius 1 is 0.967 bits per heavy atom. The van der Waals surface area contributed by atoms with Gasteiger partial charge in [0.05, 0.1) is 24.7 Å². The maximum Gasteiger partial charge on any atom is 0.262 e. The number of imidazole rings is 1. The van der Waals surface area contributed by atoms with Crippen LogP contribution in [0.3, 0.4) is 0 Å². The number of methoxy groups -OCH3 is 1. The summed E-state index contributed by atoms with van der Waals surface area (Å²) in [5.41, 5.74) is 4.14. The van der Waals surface area contributed by atoms with Gasteiger partial charge in [0.25, 0.3) is 5.91 Å². The van der Waals surface area contributed by atoms with Crippen LogP contribution >= 0.6 is 0 Å². The molecule has 1 aromatic heterocycles. The van der Waals surface area contributed by atoms with Crippen LogP contribution < -0.4 is 15.0 Å². The van der Waals surface area contributed by atoms with Crippen LogP contribution in [0.25, 0.3) is 5.69 Å². The molecule has 0 aliphatic carbocycles. The second-order valence-electron chi connectivity index (χ2n) is 7.00. The minimum atomic E-state index is -0.375. The molecule has 0 saturated heterocycles. The van der Waals surface area contributed by atoms with Crippen LogP contribution in [0.1, 0.15) is 22.1 Å². The third-order valence-corrected chi connectivity index (χ3v) is 5.28. The molecule has 1 aliphatic rings.